The molecule has 0 spiro atoms. The van der Waals surface area contributed by atoms with Crippen molar-refractivity contribution < 1.29 is 0 Å². The number of hydrogen-bond acceptors (Lipinski definition) is 0. The summed E-state index contributed by atoms with van der Waals surface area (Å²) in [7, 11) is 0. The van der Waals surface area contributed by atoms with Crippen LogP contribution in [-0.2, 0) is 0 Å². The average Bonchev–Trinajstić information content (AvgIpc) is 2.35. The van der Waals surface area contributed by atoms with E-state index in [9.17, 15) is 0 Å². The first-order chi connectivity index (χ1) is 6.68. The summed E-state index contributed by atoms with van der Waals surface area (Å²) in [5.74, 6) is 0.543. The van der Waals surface area contributed by atoms with Gasteiger partial charge in [-0.25, -0.2) is 0 Å². The SMILES string of the molecule is Cc1ccc(C)c2c1C=CC(C)C=C2. The maximum atomic E-state index is 2.26. The molecule has 0 heterocycles. The Hall–Kier alpha value is -1.30. The highest BCUT2D eigenvalue weighted by Crippen LogP contribution is 2.25. The van der Waals surface area contributed by atoms with E-state index in [4.69, 9.17) is 0 Å². The molecule has 2 rings (SSSR count). The summed E-state index contributed by atoms with van der Waals surface area (Å²) < 4.78 is 0. The zero-order chi connectivity index (χ0) is 10.1. The predicted octanol–water partition coefficient (Wildman–Crippen LogP) is 3.98. The third-order valence-corrected chi connectivity index (χ3v) is 2.86. The lowest BCUT2D eigenvalue weighted by Gasteiger charge is -2.07. The Balaban J connectivity index is 2.66. The van der Waals surface area contributed by atoms with Crippen LogP contribution in [0.2, 0.25) is 0 Å². The van der Waals surface area contributed by atoms with E-state index in [2.05, 4.69) is 57.2 Å². The monoisotopic (exact) mass is 184 g/mol. The summed E-state index contributed by atoms with van der Waals surface area (Å²) in [5.41, 5.74) is 5.48. The van der Waals surface area contributed by atoms with E-state index in [1.165, 1.54) is 22.3 Å². The molecule has 0 radical (unpaired) electrons. The minimum Gasteiger partial charge on any atom is -0.0773 e. The predicted molar refractivity (Wildman–Crippen MR) is 63.1 cm³/mol. The van der Waals surface area contributed by atoms with Crippen LogP contribution in [0.15, 0.2) is 24.3 Å². The molecule has 1 aliphatic rings. The van der Waals surface area contributed by atoms with E-state index in [0.29, 0.717) is 5.92 Å². The smallest absolute Gasteiger partial charge is 0.00752 e. The molecule has 1 aromatic carbocycles. The second kappa shape index (κ2) is 3.45. The summed E-state index contributed by atoms with van der Waals surface area (Å²) in [4.78, 5) is 0. The van der Waals surface area contributed by atoms with Gasteiger partial charge in [-0.3, -0.25) is 0 Å². The number of fused-ring (bicyclic) bond motifs is 1. The number of benzene rings is 1. The zero-order valence-electron chi connectivity index (χ0n) is 9.04. The molecule has 0 saturated carbocycles. The fourth-order valence-electron chi connectivity index (χ4n) is 1.86. The number of hydrogen-bond donors (Lipinski definition) is 0. The van der Waals surface area contributed by atoms with Crippen LogP contribution in [0.5, 0.6) is 0 Å². The van der Waals surface area contributed by atoms with E-state index in [0.717, 1.165) is 0 Å². The van der Waals surface area contributed by atoms with E-state index >= 15 is 0 Å². The second-order valence-electron chi connectivity index (χ2n) is 4.10. The van der Waals surface area contributed by atoms with Crippen LogP contribution in [0.1, 0.15) is 29.2 Å². The van der Waals surface area contributed by atoms with Crippen LogP contribution < -0.4 is 0 Å². The van der Waals surface area contributed by atoms with Crippen molar-refractivity contribution in [2.24, 2.45) is 5.92 Å². The standard InChI is InChI=1S/C14H16/c1-10-4-8-13-11(2)6-7-12(3)14(13)9-5-10/h4-10H,1-3H3. The van der Waals surface area contributed by atoms with Gasteiger partial charge in [0.1, 0.15) is 0 Å². The fraction of sp³-hybridized carbons (Fsp3) is 0.286. The Labute approximate surface area is 86.0 Å². The van der Waals surface area contributed by atoms with Gasteiger partial charge in [0.25, 0.3) is 0 Å². The van der Waals surface area contributed by atoms with Crippen molar-refractivity contribution in [3.05, 3.63) is 46.5 Å². The summed E-state index contributed by atoms with van der Waals surface area (Å²) in [6.45, 7) is 6.56. The molecule has 0 saturated heterocycles. The first-order valence-electron chi connectivity index (χ1n) is 5.15. The molecule has 72 valence electrons. The highest BCUT2D eigenvalue weighted by atomic mass is 14.1. The Bertz CT molecular complexity index is 369. The molecule has 1 aliphatic carbocycles. The third-order valence-electron chi connectivity index (χ3n) is 2.86. The fourth-order valence-corrected chi connectivity index (χ4v) is 1.86. The van der Waals surface area contributed by atoms with Crippen LogP contribution in [0.4, 0.5) is 0 Å². The first kappa shape index (κ1) is 9.26. The molecule has 0 aromatic heterocycles. The molecule has 0 amide bonds. The van der Waals surface area contributed by atoms with Gasteiger partial charge < -0.3 is 0 Å². The van der Waals surface area contributed by atoms with E-state index in [1.807, 2.05) is 0 Å². The Morgan fingerprint density at radius 1 is 0.857 bits per heavy atom. The molecule has 0 heteroatoms. The normalized spacial score (nSPS) is 15.4. The summed E-state index contributed by atoms with van der Waals surface area (Å²) in [6, 6.07) is 4.39. The maximum Gasteiger partial charge on any atom is -0.00752 e. The molecule has 0 fully saturated rings. The Kier molecular flexibility index (Phi) is 2.28. The van der Waals surface area contributed by atoms with Crippen LogP contribution in [0, 0.1) is 19.8 Å². The highest BCUT2D eigenvalue weighted by Gasteiger charge is 2.06. The van der Waals surface area contributed by atoms with Crippen molar-refractivity contribution in [1.29, 1.82) is 0 Å². The number of allylic oxidation sites excluding steroid dienone is 2. The molecule has 14 heavy (non-hydrogen) atoms. The molecule has 0 N–H and O–H groups in total. The maximum absolute atomic E-state index is 2.26. The van der Waals surface area contributed by atoms with Gasteiger partial charge in [0.2, 0.25) is 0 Å². The molecular formula is C14H16. The van der Waals surface area contributed by atoms with Crippen LogP contribution in [0.3, 0.4) is 0 Å². The molecule has 0 bridgehead atoms. The lowest BCUT2D eigenvalue weighted by atomic mass is 9.97. The topological polar surface area (TPSA) is 0 Å². The Morgan fingerprint density at radius 3 is 1.71 bits per heavy atom. The van der Waals surface area contributed by atoms with Crippen LogP contribution in [-0.4, -0.2) is 0 Å². The van der Waals surface area contributed by atoms with Gasteiger partial charge in [0.15, 0.2) is 0 Å². The van der Waals surface area contributed by atoms with Gasteiger partial charge in [-0.1, -0.05) is 43.4 Å². The summed E-state index contributed by atoms with van der Waals surface area (Å²) in [6.07, 6.45) is 9.02. The summed E-state index contributed by atoms with van der Waals surface area (Å²) >= 11 is 0. The molecule has 1 aromatic rings. The molecule has 0 atom stereocenters. The minimum absolute atomic E-state index is 0.543. The van der Waals surface area contributed by atoms with Gasteiger partial charge >= 0.3 is 0 Å². The number of aryl methyl sites for hydroxylation is 2. The van der Waals surface area contributed by atoms with Crippen LogP contribution >= 0.6 is 0 Å². The minimum atomic E-state index is 0.543. The molecular weight excluding hydrogens is 168 g/mol. The summed E-state index contributed by atoms with van der Waals surface area (Å²) in [5, 5.41) is 0. The van der Waals surface area contributed by atoms with Gasteiger partial charge in [-0.05, 0) is 42.0 Å². The van der Waals surface area contributed by atoms with Crippen molar-refractivity contribution in [2.75, 3.05) is 0 Å². The van der Waals surface area contributed by atoms with Crippen molar-refractivity contribution >= 4 is 12.2 Å². The quantitative estimate of drug-likeness (QED) is 0.572. The van der Waals surface area contributed by atoms with Gasteiger partial charge in [0.05, 0.1) is 0 Å². The second-order valence-corrected chi connectivity index (χ2v) is 4.10. The van der Waals surface area contributed by atoms with Crippen molar-refractivity contribution in [1.82, 2.24) is 0 Å². The van der Waals surface area contributed by atoms with Crippen LogP contribution in [0.25, 0.3) is 12.2 Å². The highest BCUT2D eigenvalue weighted by molar-refractivity contribution is 5.72. The van der Waals surface area contributed by atoms with Crippen molar-refractivity contribution in [3.63, 3.8) is 0 Å². The Morgan fingerprint density at radius 2 is 1.29 bits per heavy atom. The lowest BCUT2D eigenvalue weighted by Crippen LogP contribution is -1.89. The van der Waals surface area contributed by atoms with Crippen molar-refractivity contribution in [2.45, 2.75) is 20.8 Å². The lowest BCUT2D eigenvalue weighted by molar-refractivity contribution is 0.954. The number of rotatable bonds is 0. The third kappa shape index (κ3) is 1.52. The van der Waals surface area contributed by atoms with Gasteiger partial charge in [-0.2, -0.15) is 0 Å². The zero-order valence-corrected chi connectivity index (χ0v) is 9.04. The molecule has 0 nitrogen and oxygen atoms in total. The van der Waals surface area contributed by atoms with E-state index < -0.39 is 0 Å². The average molecular weight is 184 g/mol. The van der Waals surface area contributed by atoms with Gasteiger partial charge in [0, 0.05) is 0 Å². The first-order valence-corrected chi connectivity index (χ1v) is 5.15. The molecule has 0 unspecified atom stereocenters. The van der Waals surface area contributed by atoms with Crippen molar-refractivity contribution in [3.8, 4) is 0 Å². The van der Waals surface area contributed by atoms with E-state index in [1.54, 1.807) is 0 Å². The van der Waals surface area contributed by atoms with Gasteiger partial charge in [-0.15, -0.1) is 0 Å². The molecule has 0 aliphatic heterocycles. The largest absolute Gasteiger partial charge is 0.0773 e. The van der Waals surface area contributed by atoms with E-state index in [-0.39, 0.29) is 0 Å².